The van der Waals surface area contributed by atoms with Crippen LogP contribution in [0.5, 0.6) is 0 Å². The Kier molecular flexibility index (Phi) is 8.29. The molecule has 0 radical (unpaired) electrons. The van der Waals surface area contributed by atoms with E-state index < -0.39 is 0 Å². The first-order chi connectivity index (χ1) is 12.1. The van der Waals surface area contributed by atoms with E-state index in [2.05, 4.69) is 40.1 Å². The number of guanidine groups is 1. The summed E-state index contributed by atoms with van der Waals surface area (Å²) in [4.78, 5) is 6.82. The number of halogens is 1. The minimum Gasteiger partial charge on any atom is -0.356 e. The van der Waals surface area contributed by atoms with E-state index in [-0.39, 0.29) is 0 Å². The Hall–Kier alpha value is -1.52. The maximum Gasteiger partial charge on any atom is 0.191 e. The van der Waals surface area contributed by atoms with Crippen molar-refractivity contribution in [3.8, 4) is 0 Å². The van der Waals surface area contributed by atoms with Crippen LogP contribution in [-0.4, -0.2) is 50.1 Å². The van der Waals surface area contributed by atoms with Crippen molar-refractivity contribution in [2.24, 2.45) is 4.99 Å². The van der Waals surface area contributed by atoms with Gasteiger partial charge >= 0.3 is 0 Å². The van der Waals surface area contributed by atoms with Crippen molar-refractivity contribution in [1.82, 2.24) is 15.5 Å². The minimum atomic E-state index is 0.496. The van der Waals surface area contributed by atoms with Crippen molar-refractivity contribution in [2.45, 2.75) is 38.6 Å². The second kappa shape index (κ2) is 10.5. The quantitative estimate of drug-likeness (QED) is 0.337. The van der Waals surface area contributed by atoms with Gasteiger partial charge in [-0.25, -0.2) is 0 Å². The molecule has 0 bridgehead atoms. The zero-order chi connectivity index (χ0) is 18.1. The predicted molar refractivity (Wildman–Crippen MR) is 109 cm³/mol. The van der Waals surface area contributed by atoms with Crippen LogP contribution in [0.3, 0.4) is 0 Å². The summed E-state index contributed by atoms with van der Waals surface area (Å²) < 4.78 is 0. The third-order valence-corrected chi connectivity index (χ3v) is 4.89. The van der Waals surface area contributed by atoms with E-state index in [0.717, 1.165) is 62.8 Å². The molecule has 1 aliphatic heterocycles. The van der Waals surface area contributed by atoms with Crippen LogP contribution < -0.4 is 10.6 Å². The number of aryl methyl sites for hydroxylation is 1. The summed E-state index contributed by atoms with van der Waals surface area (Å²) in [6, 6.07) is 8.54. The van der Waals surface area contributed by atoms with Gasteiger partial charge in [0.25, 0.3) is 0 Å². The summed E-state index contributed by atoms with van der Waals surface area (Å²) >= 11 is 6.20. The summed E-state index contributed by atoms with van der Waals surface area (Å²) in [7, 11) is 1.83. The van der Waals surface area contributed by atoms with Crippen LogP contribution in [-0.2, 0) is 6.42 Å². The van der Waals surface area contributed by atoms with E-state index >= 15 is 0 Å². The van der Waals surface area contributed by atoms with Gasteiger partial charge in [-0.1, -0.05) is 42.0 Å². The van der Waals surface area contributed by atoms with Crippen LogP contribution in [0.4, 0.5) is 0 Å². The number of hydrogen-bond donors (Lipinski definition) is 2. The topological polar surface area (TPSA) is 39.7 Å². The van der Waals surface area contributed by atoms with Crippen LogP contribution in [0.2, 0.25) is 5.02 Å². The molecule has 1 aromatic carbocycles. The number of benzene rings is 1. The van der Waals surface area contributed by atoms with Crippen LogP contribution in [0.1, 0.15) is 31.7 Å². The lowest BCUT2D eigenvalue weighted by molar-refractivity contribution is 0.221. The minimum absolute atomic E-state index is 0.496. The summed E-state index contributed by atoms with van der Waals surface area (Å²) in [5.74, 6) is 0.900. The van der Waals surface area contributed by atoms with E-state index in [9.17, 15) is 0 Å². The molecule has 0 aromatic heterocycles. The highest BCUT2D eigenvalue weighted by atomic mass is 35.5. The average molecular weight is 363 g/mol. The molecule has 0 amide bonds. The molecule has 2 N–H and O–H groups in total. The fourth-order valence-electron chi connectivity index (χ4n) is 3.19. The highest BCUT2D eigenvalue weighted by Crippen LogP contribution is 2.16. The van der Waals surface area contributed by atoms with Crippen LogP contribution >= 0.6 is 11.6 Å². The first-order valence-electron chi connectivity index (χ1n) is 9.16. The number of aliphatic imine (C=N–C) groups is 1. The number of rotatable bonds is 7. The van der Waals surface area contributed by atoms with Crippen molar-refractivity contribution in [1.29, 1.82) is 0 Å². The largest absolute Gasteiger partial charge is 0.356 e. The highest BCUT2D eigenvalue weighted by Gasteiger charge is 2.19. The lowest BCUT2D eigenvalue weighted by atomic mass is 10.0. The van der Waals surface area contributed by atoms with Gasteiger partial charge in [-0.3, -0.25) is 9.89 Å². The molecule has 1 saturated heterocycles. The highest BCUT2D eigenvalue weighted by molar-refractivity contribution is 6.31. The third kappa shape index (κ3) is 7.09. The summed E-state index contributed by atoms with van der Waals surface area (Å²) in [6.07, 6.45) is 4.30. The van der Waals surface area contributed by atoms with Gasteiger partial charge in [0.1, 0.15) is 0 Å². The molecule has 0 unspecified atom stereocenters. The normalized spacial score (nSPS) is 16.7. The van der Waals surface area contributed by atoms with Gasteiger partial charge in [0.15, 0.2) is 5.96 Å². The Balaban J connectivity index is 1.66. The van der Waals surface area contributed by atoms with Crippen molar-refractivity contribution >= 4 is 17.6 Å². The first kappa shape index (κ1) is 19.8. The van der Waals surface area contributed by atoms with Crippen molar-refractivity contribution < 1.29 is 0 Å². The molecule has 5 heteroatoms. The molecule has 138 valence electrons. The Labute approximate surface area is 157 Å². The SMILES string of the molecule is C=C(C)CN1CCC(NC(=NC)NCCCc2ccccc2Cl)CC1. The van der Waals surface area contributed by atoms with Crippen LogP contribution in [0.15, 0.2) is 41.4 Å². The molecular weight excluding hydrogens is 332 g/mol. The second-order valence-electron chi connectivity index (χ2n) is 6.85. The molecule has 25 heavy (non-hydrogen) atoms. The summed E-state index contributed by atoms with van der Waals surface area (Å²) in [6.45, 7) is 10.2. The van der Waals surface area contributed by atoms with E-state index in [4.69, 9.17) is 11.6 Å². The average Bonchev–Trinajstić information content (AvgIpc) is 2.60. The Morgan fingerprint density at radius 3 is 2.68 bits per heavy atom. The van der Waals surface area contributed by atoms with Crippen LogP contribution in [0.25, 0.3) is 0 Å². The van der Waals surface area contributed by atoms with Gasteiger partial charge in [-0.05, 0) is 44.2 Å². The molecule has 0 saturated carbocycles. The lowest BCUT2D eigenvalue weighted by Crippen LogP contribution is -2.49. The number of likely N-dealkylation sites (tertiary alicyclic amines) is 1. The number of nitrogens with one attached hydrogen (secondary N) is 2. The van der Waals surface area contributed by atoms with Gasteiger partial charge in [-0.2, -0.15) is 0 Å². The maximum atomic E-state index is 6.20. The summed E-state index contributed by atoms with van der Waals surface area (Å²) in [5.41, 5.74) is 2.45. The van der Waals surface area contributed by atoms with Gasteiger partial charge < -0.3 is 10.6 Å². The standard InChI is InChI=1S/C20H31ClN4/c1-16(2)15-25-13-10-18(11-14-25)24-20(22-3)23-12-6-8-17-7-4-5-9-19(17)21/h4-5,7,9,18H,1,6,8,10-15H2,2-3H3,(H2,22,23,24). The van der Waals surface area contributed by atoms with E-state index in [1.54, 1.807) is 0 Å². The summed E-state index contributed by atoms with van der Waals surface area (Å²) in [5, 5.41) is 7.82. The molecule has 0 aliphatic carbocycles. The molecular formula is C20H31ClN4. The van der Waals surface area contributed by atoms with Crippen LogP contribution in [0, 0.1) is 0 Å². The molecule has 0 atom stereocenters. The zero-order valence-electron chi connectivity index (χ0n) is 15.5. The maximum absolute atomic E-state index is 6.20. The fourth-order valence-corrected chi connectivity index (χ4v) is 3.42. The molecule has 0 spiro atoms. The first-order valence-corrected chi connectivity index (χ1v) is 9.53. The fraction of sp³-hybridized carbons (Fsp3) is 0.550. The second-order valence-corrected chi connectivity index (χ2v) is 7.25. The smallest absolute Gasteiger partial charge is 0.191 e. The Bertz CT molecular complexity index is 577. The molecule has 1 aliphatic rings. The molecule has 2 rings (SSSR count). The van der Waals surface area contributed by atoms with E-state index in [1.165, 1.54) is 11.1 Å². The van der Waals surface area contributed by atoms with Crippen molar-refractivity contribution in [3.63, 3.8) is 0 Å². The molecule has 1 heterocycles. The van der Waals surface area contributed by atoms with Gasteiger partial charge in [0, 0.05) is 44.3 Å². The van der Waals surface area contributed by atoms with Gasteiger partial charge in [0.05, 0.1) is 0 Å². The van der Waals surface area contributed by atoms with Gasteiger partial charge in [0.2, 0.25) is 0 Å². The molecule has 1 aromatic rings. The van der Waals surface area contributed by atoms with E-state index in [1.807, 2.05) is 25.2 Å². The third-order valence-electron chi connectivity index (χ3n) is 4.52. The van der Waals surface area contributed by atoms with Crippen molar-refractivity contribution in [2.75, 3.05) is 33.2 Å². The number of nitrogens with zero attached hydrogens (tertiary/aromatic N) is 2. The number of piperidine rings is 1. The van der Waals surface area contributed by atoms with E-state index in [0.29, 0.717) is 6.04 Å². The van der Waals surface area contributed by atoms with Gasteiger partial charge in [-0.15, -0.1) is 0 Å². The lowest BCUT2D eigenvalue weighted by Gasteiger charge is -2.33. The number of hydrogen-bond acceptors (Lipinski definition) is 2. The predicted octanol–water partition coefficient (Wildman–Crippen LogP) is 3.48. The Morgan fingerprint density at radius 2 is 2.04 bits per heavy atom. The Morgan fingerprint density at radius 1 is 1.32 bits per heavy atom. The molecule has 4 nitrogen and oxygen atoms in total. The monoisotopic (exact) mass is 362 g/mol. The molecule has 1 fully saturated rings. The zero-order valence-corrected chi connectivity index (χ0v) is 16.3. The van der Waals surface area contributed by atoms with Crippen molar-refractivity contribution in [3.05, 3.63) is 47.0 Å².